The number of ether oxygens (including phenoxy) is 2. The summed E-state index contributed by atoms with van der Waals surface area (Å²) in [5, 5.41) is 0. The van der Waals surface area contributed by atoms with Crippen LogP contribution < -0.4 is 4.74 Å². The molecule has 1 aromatic rings. The van der Waals surface area contributed by atoms with Crippen molar-refractivity contribution in [2.75, 3.05) is 19.0 Å². The first kappa shape index (κ1) is 11.9. The molecule has 0 N–H and O–H groups in total. The van der Waals surface area contributed by atoms with Gasteiger partial charge in [0.05, 0.1) is 6.42 Å². The molecule has 0 saturated carbocycles. The Kier molecular flexibility index (Phi) is 5.70. The molecule has 0 bridgehead atoms. The fraction of sp³-hybridized carbons (Fsp3) is 0.364. The van der Waals surface area contributed by atoms with E-state index in [1.807, 2.05) is 30.3 Å². The maximum atomic E-state index is 10.9. The Morgan fingerprint density at radius 3 is 2.60 bits per heavy atom. The third-order valence-electron chi connectivity index (χ3n) is 1.67. The standard InChI is InChI=1S/C11H14O3S/c12-11(6-9-15)14-8-7-13-10-4-2-1-3-5-10/h1-5,15H,6-9H2. The number of para-hydroxylation sites is 1. The molecular weight excluding hydrogens is 212 g/mol. The first-order valence-electron chi connectivity index (χ1n) is 4.77. The van der Waals surface area contributed by atoms with Crippen LogP contribution in [0.25, 0.3) is 0 Å². The number of benzene rings is 1. The molecule has 0 aliphatic heterocycles. The van der Waals surface area contributed by atoms with E-state index in [1.54, 1.807) is 0 Å². The number of carbonyl (C=O) groups is 1. The zero-order valence-corrected chi connectivity index (χ0v) is 9.28. The van der Waals surface area contributed by atoms with Gasteiger partial charge in [-0.15, -0.1) is 0 Å². The minimum absolute atomic E-state index is 0.235. The lowest BCUT2D eigenvalue weighted by Crippen LogP contribution is -2.12. The van der Waals surface area contributed by atoms with E-state index in [0.717, 1.165) is 5.75 Å². The van der Waals surface area contributed by atoms with Crippen LogP contribution in [0.4, 0.5) is 0 Å². The van der Waals surface area contributed by atoms with Gasteiger partial charge < -0.3 is 9.47 Å². The average Bonchev–Trinajstić information content (AvgIpc) is 2.26. The van der Waals surface area contributed by atoms with Crippen LogP contribution in [0.3, 0.4) is 0 Å². The number of carbonyl (C=O) groups excluding carboxylic acids is 1. The molecule has 3 nitrogen and oxygen atoms in total. The van der Waals surface area contributed by atoms with Crippen molar-refractivity contribution in [1.29, 1.82) is 0 Å². The topological polar surface area (TPSA) is 35.5 Å². The van der Waals surface area contributed by atoms with Crippen LogP contribution in [-0.2, 0) is 9.53 Å². The van der Waals surface area contributed by atoms with E-state index in [-0.39, 0.29) is 12.6 Å². The maximum Gasteiger partial charge on any atom is 0.306 e. The summed E-state index contributed by atoms with van der Waals surface area (Å²) in [6.07, 6.45) is 0.342. The fourth-order valence-electron chi connectivity index (χ4n) is 0.995. The minimum Gasteiger partial charge on any atom is -0.490 e. The number of hydrogen-bond acceptors (Lipinski definition) is 4. The number of rotatable bonds is 6. The molecule has 0 aliphatic rings. The summed E-state index contributed by atoms with van der Waals surface area (Å²) < 4.78 is 10.2. The van der Waals surface area contributed by atoms with Crippen LogP contribution in [0, 0.1) is 0 Å². The van der Waals surface area contributed by atoms with Crippen LogP contribution in [0.1, 0.15) is 6.42 Å². The van der Waals surface area contributed by atoms with Crippen molar-refractivity contribution >= 4 is 18.6 Å². The summed E-state index contributed by atoms with van der Waals surface area (Å²) in [6.45, 7) is 0.657. The predicted octanol–water partition coefficient (Wildman–Crippen LogP) is 1.93. The molecule has 0 fully saturated rings. The number of esters is 1. The van der Waals surface area contributed by atoms with Crippen molar-refractivity contribution in [2.45, 2.75) is 6.42 Å². The molecule has 15 heavy (non-hydrogen) atoms. The molecule has 4 heteroatoms. The van der Waals surface area contributed by atoms with E-state index >= 15 is 0 Å². The number of hydrogen-bond donors (Lipinski definition) is 1. The van der Waals surface area contributed by atoms with Gasteiger partial charge in [0.2, 0.25) is 0 Å². The summed E-state index contributed by atoms with van der Waals surface area (Å²) in [5.74, 6) is 1.06. The normalized spacial score (nSPS) is 9.67. The molecular formula is C11H14O3S. The van der Waals surface area contributed by atoms with Crippen molar-refractivity contribution in [3.05, 3.63) is 30.3 Å². The van der Waals surface area contributed by atoms with Crippen molar-refractivity contribution in [1.82, 2.24) is 0 Å². The smallest absolute Gasteiger partial charge is 0.306 e. The Balaban J connectivity index is 2.10. The Hall–Kier alpha value is -1.16. The van der Waals surface area contributed by atoms with Gasteiger partial charge >= 0.3 is 5.97 Å². The zero-order valence-electron chi connectivity index (χ0n) is 8.39. The molecule has 0 atom stereocenters. The first-order chi connectivity index (χ1) is 7.33. The highest BCUT2D eigenvalue weighted by Gasteiger charge is 2.00. The van der Waals surface area contributed by atoms with E-state index in [1.165, 1.54) is 0 Å². The largest absolute Gasteiger partial charge is 0.490 e. The second kappa shape index (κ2) is 7.17. The lowest BCUT2D eigenvalue weighted by atomic mass is 10.3. The van der Waals surface area contributed by atoms with Crippen LogP contribution >= 0.6 is 12.6 Å². The lowest BCUT2D eigenvalue weighted by molar-refractivity contribution is -0.143. The minimum atomic E-state index is -0.235. The highest BCUT2D eigenvalue weighted by atomic mass is 32.1. The number of thiol groups is 1. The van der Waals surface area contributed by atoms with E-state index < -0.39 is 0 Å². The Bertz CT molecular complexity index is 287. The molecule has 0 heterocycles. The molecule has 82 valence electrons. The molecule has 0 aromatic heterocycles. The molecule has 0 unspecified atom stereocenters. The van der Waals surface area contributed by atoms with E-state index in [2.05, 4.69) is 12.6 Å². The Morgan fingerprint density at radius 2 is 1.93 bits per heavy atom. The monoisotopic (exact) mass is 226 g/mol. The molecule has 1 aromatic carbocycles. The second-order valence-electron chi connectivity index (χ2n) is 2.86. The first-order valence-corrected chi connectivity index (χ1v) is 5.40. The van der Waals surface area contributed by atoms with Gasteiger partial charge in [0.15, 0.2) is 0 Å². The van der Waals surface area contributed by atoms with Crippen molar-refractivity contribution < 1.29 is 14.3 Å². The van der Waals surface area contributed by atoms with Crippen LogP contribution in [-0.4, -0.2) is 24.9 Å². The molecule has 1 rings (SSSR count). The third-order valence-corrected chi connectivity index (χ3v) is 1.90. The zero-order chi connectivity index (χ0) is 10.9. The van der Waals surface area contributed by atoms with Gasteiger partial charge in [-0.05, 0) is 12.1 Å². The van der Waals surface area contributed by atoms with Gasteiger partial charge in [-0.25, -0.2) is 0 Å². The molecule has 0 aliphatic carbocycles. The summed E-state index contributed by atoms with van der Waals surface area (Å²) in [5.41, 5.74) is 0. The highest BCUT2D eigenvalue weighted by molar-refractivity contribution is 7.80. The van der Waals surface area contributed by atoms with E-state index in [9.17, 15) is 4.79 Å². The summed E-state index contributed by atoms with van der Waals surface area (Å²) in [7, 11) is 0. The SMILES string of the molecule is O=C(CCS)OCCOc1ccccc1. The predicted molar refractivity (Wildman–Crippen MR) is 61.4 cm³/mol. The molecule has 0 spiro atoms. The fourth-order valence-corrected chi connectivity index (χ4v) is 1.18. The van der Waals surface area contributed by atoms with Gasteiger partial charge in [-0.2, -0.15) is 12.6 Å². The summed E-state index contributed by atoms with van der Waals surface area (Å²) in [6, 6.07) is 9.41. The third kappa shape index (κ3) is 5.32. The van der Waals surface area contributed by atoms with Crippen LogP contribution in [0.2, 0.25) is 0 Å². The molecule has 0 saturated heterocycles. The van der Waals surface area contributed by atoms with Crippen LogP contribution in [0.15, 0.2) is 30.3 Å². The Morgan fingerprint density at radius 1 is 1.20 bits per heavy atom. The van der Waals surface area contributed by atoms with E-state index in [0.29, 0.717) is 18.8 Å². The highest BCUT2D eigenvalue weighted by Crippen LogP contribution is 2.07. The van der Waals surface area contributed by atoms with Gasteiger partial charge in [0.25, 0.3) is 0 Å². The van der Waals surface area contributed by atoms with E-state index in [4.69, 9.17) is 9.47 Å². The average molecular weight is 226 g/mol. The van der Waals surface area contributed by atoms with Crippen molar-refractivity contribution in [3.63, 3.8) is 0 Å². The maximum absolute atomic E-state index is 10.9. The van der Waals surface area contributed by atoms with Crippen molar-refractivity contribution in [2.24, 2.45) is 0 Å². The van der Waals surface area contributed by atoms with Gasteiger partial charge in [-0.3, -0.25) is 4.79 Å². The molecule has 0 radical (unpaired) electrons. The van der Waals surface area contributed by atoms with Gasteiger partial charge in [-0.1, -0.05) is 18.2 Å². The Labute approximate surface area is 94.8 Å². The van der Waals surface area contributed by atoms with Crippen molar-refractivity contribution in [3.8, 4) is 5.75 Å². The quantitative estimate of drug-likeness (QED) is 0.457. The summed E-state index contributed by atoms with van der Waals surface area (Å²) >= 11 is 3.93. The second-order valence-corrected chi connectivity index (χ2v) is 3.30. The van der Waals surface area contributed by atoms with Gasteiger partial charge in [0, 0.05) is 5.75 Å². The van der Waals surface area contributed by atoms with Gasteiger partial charge in [0.1, 0.15) is 19.0 Å². The molecule has 0 amide bonds. The summed E-state index contributed by atoms with van der Waals surface area (Å²) in [4.78, 5) is 10.9. The van der Waals surface area contributed by atoms with Crippen LogP contribution in [0.5, 0.6) is 5.75 Å². The lowest BCUT2D eigenvalue weighted by Gasteiger charge is -2.06.